The van der Waals surface area contributed by atoms with Crippen molar-refractivity contribution in [3.63, 3.8) is 0 Å². The molecule has 2 rings (SSSR count). The van der Waals surface area contributed by atoms with Crippen molar-refractivity contribution in [1.82, 2.24) is 10.2 Å². The molecule has 1 aliphatic heterocycles. The van der Waals surface area contributed by atoms with Gasteiger partial charge in [0.25, 0.3) is 0 Å². The summed E-state index contributed by atoms with van der Waals surface area (Å²) in [6.45, 7) is 9.62. The van der Waals surface area contributed by atoms with E-state index < -0.39 is 0 Å². The van der Waals surface area contributed by atoms with Gasteiger partial charge >= 0.3 is 0 Å². The molecule has 0 atom stereocenters. The number of piperazine rings is 1. The van der Waals surface area contributed by atoms with E-state index in [1.807, 2.05) is 11.3 Å². The van der Waals surface area contributed by atoms with Crippen LogP contribution in [0.5, 0.6) is 0 Å². The molecule has 1 saturated heterocycles. The Labute approximate surface area is 143 Å². The Hall–Kier alpha value is -1.31. The van der Waals surface area contributed by atoms with E-state index >= 15 is 0 Å². The van der Waals surface area contributed by atoms with E-state index in [-0.39, 0.29) is 0 Å². The fraction of sp³-hybridized carbons (Fsp3) is 0.688. The molecule has 0 saturated carbocycles. The lowest BCUT2D eigenvalue weighted by molar-refractivity contribution is 0.0747. The number of hydrogen-bond donors (Lipinski definition) is 1. The van der Waals surface area contributed by atoms with E-state index in [1.54, 1.807) is 7.11 Å². The standard InChI is InChI=1S/C16H28N4O2S/c1-3-17-16(18-6-11-22-13-12-21-2)20-9-7-19(8-10-20)15-5-4-14-23-15/h4-5,14H,3,6-13H2,1-2H3,(H,17,18). The smallest absolute Gasteiger partial charge is 0.194 e. The molecule has 1 aromatic heterocycles. The van der Waals surface area contributed by atoms with Crippen LogP contribution >= 0.6 is 11.3 Å². The summed E-state index contributed by atoms with van der Waals surface area (Å²) in [4.78, 5) is 9.45. The first-order valence-corrected chi connectivity index (χ1v) is 9.11. The lowest BCUT2D eigenvalue weighted by atomic mass is 10.3. The maximum atomic E-state index is 5.47. The maximum Gasteiger partial charge on any atom is 0.194 e. The molecule has 130 valence electrons. The number of guanidine groups is 1. The highest BCUT2D eigenvalue weighted by Gasteiger charge is 2.20. The van der Waals surface area contributed by atoms with E-state index in [9.17, 15) is 0 Å². The van der Waals surface area contributed by atoms with Crippen molar-refractivity contribution in [2.24, 2.45) is 4.99 Å². The first-order chi connectivity index (χ1) is 11.3. The van der Waals surface area contributed by atoms with Gasteiger partial charge in [0, 0.05) is 39.8 Å². The highest BCUT2D eigenvalue weighted by atomic mass is 32.1. The van der Waals surface area contributed by atoms with Gasteiger partial charge in [0.1, 0.15) is 0 Å². The third-order valence-corrected chi connectivity index (χ3v) is 4.59. The van der Waals surface area contributed by atoms with Crippen molar-refractivity contribution >= 4 is 22.3 Å². The fourth-order valence-electron chi connectivity index (χ4n) is 2.47. The van der Waals surface area contributed by atoms with Crippen molar-refractivity contribution in [2.75, 3.05) is 71.1 Å². The molecule has 1 aliphatic rings. The minimum atomic E-state index is 0.627. The number of methoxy groups -OCH3 is 1. The predicted octanol–water partition coefficient (Wildman–Crippen LogP) is 1.50. The van der Waals surface area contributed by atoms with Crippen LogP contribution in [0.1, 0.15) is 6.92 Å². The summed E-state index contributed by atoms with van der Waals surface area (Å²) in [5.41, 5.74) is 0. The van der Waals surface area contributed by atoms with E-state index in [0.29, 0.717) is 26.4 Å². The third kappa shape index (κ3) is 6.01. The van der Waals surface area contributed by atoms with Gasteiger partial charge < -0.3 is 24.6 Å². The van der Waals surface area contributed by atoms with Crippen molar-refractivity contribution < 1.29 is 9.47 Å². The summed E-state index contributed by atoms with van der Waals surface area (Å²) in [5, 5.41) is 6.88. The zero-order chi connectivity index (χ0) is 16.3. The number of nitrogens with zero attached hydrogens (tertiary/aromatic N) is 3. The summed E-state index contributed by atoms with van der Waals surface area (Å²) < 4.78 is 10.4. The Kier molecular flexibility index (Phi) is 8.20. The number of anilines is 1. The molecular weight excluding hydrogens is 312 g/mol. The Morgan fingerprint density at radius 3 is 2.74 bits per heavy atom. The van der Waals surface area contributed by atoms with Crippen LogP contribution in [0.4, 0.5) is 5.00 Å². The number of ether oxygens (including phenoxy) is 2. The van der Waals surface area contributed by atoms with Crippen molar-refractivity contribution in [3.8, 4) is 0 Å². The molecule has 0 unspecified atom stereocenters. The average Bonchev–Trinajstić information content (AvgIpc) is 3.12. The molecule has 0 aromatic carbocycles. The second-order valence-electron chi connectivity index (χ2n) is 5.27. The highest BCUT2D eigenvalue weighted by Crippen LogP contribution is 2.22. The minimum Gasteiger partial charge on any atom is -0.382 e. The lowest BCUT2D eigenvalue weighted by Crippen LogP contribution is -2.52. The van der Waals surface area contributed by atoms with Gasteiger partial charge in [-0.3, -0.25) is 4.99 Å². The molecule has 2 heterocycles. The highest BCUT2D eigenvalue weighted by molar-refractivity contribution is 7.14. The van der Waals surface area contributed by atoms with Crippen LogP contribution in [0.2, 0.25) is 0 Å². The lowest BCUT2D eigenvalue weighted by Gasteiger charge is -2.37. The van der Waals surface area contributed by atoms with Crippen LogP contribution in [0.15, 0.2) is 22.5 Å². The van der Waals surface area contributed by atoms with E-state index in [0.717, 1.165) is 38.7 Å². The normalized spacial score (nSPS) is 16.0. The Bertz CT molecular complexity index is 445. The van der Waals surface area contributed by atoms with Gasteiger partial charge in [-0.05, 0) is 24.4 Å². The summed E-state index contributed by atoms with van der Waals surface area (Å²) >= 11 is 1.81. The summed E-state index contributed by atoms with van der Waals surface area (Å²) in [6, 6.07) is 4.30. The molecule has 1 fully saturated rings. The maximum absolute atomic E-state index is 5.47. The predicted molar refractivity (Wildman–Crippen MR) is 96.8 cm³/mol. The van der Waals surface area contributed by atoms with Crippen LogP contribution in [0.25, 0.3) is 0 Å². The number of hydrogen-bond acceptors (Lipinski definition) is 5. The van der Waals surface area contributed by atoms with Crippen molar-refractivity contribution in [1.29, 1.82) is 0 Å². The number of thiophene rings is 1. The molecule has 0 aliphatic carbocycles. The van der Waals surface area contributed by atoms with Crippen LogP contribution in [-0.4, -0.2) is 77.1 Å². The molecule has 0 spiro atoms. The zero-order valence-corrected chi connectivity index (χ0v) is 15.0. The van der Waals surface area contributed by atoms with Gasteiger partial charge in [-0.15, -0.1) is 11.3 Å². The second kappa shape index (κ2) is 10.5. The third-order valence-electron chi connectivity index (χ3n) is 3.66. The molecule has 1 aromatic rings. The molecule has 1 N–H and O–H groups in total. The summed E-state index contributed by atoms with van der Waals surface area (Å²) in [5.74, 6) is 0.994. The quantitative estimate of drug-likeness (QED) is 0.441. The van der Waals surface area contributed by atoms with Gasteiger partial charge in [0.05, 0.1) is 31.4 Å². The van der Waals surface area contributed by atoms with Gasteiger partial charge in [0.2, 0.25) is 0 Å². The SMILES string of the molecule is CCNC(=NCCOCCOC)N1CCN(c2cccs2)CC1. The fourth-order valence-corrected chi connectivity index (χ4v) is 3.26. The largest absolute Gasteiger partial charge is 0.382 e. The molecule has 0 radical (unpaired) electrons. The molecule has 23 heavy (non-hydrogen) atoms. The molecule has 0 bridgehead atoms. The molecular formula is C16H28N4O2S. The number of aliphatic imine (C=N–C) groups is 1. The first-order valence-electron chi connectivity index (χ1n) is 8.23. The number of nitrogens with one attached hydrogen (secondary N) is 1. The zero-order valence-electron chi connectivity index (χ0n) is 14.2. The minimum absolute atomic E-state index is 0.627. The van der Waals surface area contributed by atoms with Crippen LogP contribution in [-0.2, 0) is 9.47 Å². The Morgan fingerprint density at radius 1 is 1.26 bits per heavy atom. The van der Waals surface area contributed by atoms with Crippen molar-refractivity contribution in [3.05, 3.63) is 17.5 Å². The summed E-state index contributed by atoms with van der Waals surface area (Å²) in [6.07, 6.45) is 0. The molecule has 7 heteroatoms. The van der Waals surface area contributed by atoms with Crippen LogP contribution in [0, 0.1) is 0 Å². The van der Waals surface area contributed by atoms with E-state index in [4.69, 9.17) is 9.47 Å². The van der Waals surface area contributed by atoms with Gasteiger partial charge in [-0.1, -0.05) is 0 Å². The van der Waals surface area contributed by atoms with Crippen molar-refractivity contribution in [2.45, 2.75) is 6.92 Å². The van der Waals surface area contributed by atoms with E-state index in [2.05, 4.69) is 44.5 Å². The van der Waals surface area contributed by atoms with E-state index in [1.165, 1.54) is 5.00 Å². The molecule has 6 nitrogen and oxygen atoms in total. The molecule has 0 amide bonds. The van der Waals surface area contributed by atoms with Gasteiger partial charge in [0.15, 0.2) is 5.96 Å². The topological polar surface area (TPSA) is 49.3 Å². The van der Waals surface area contributed by atoms with Crippen LogP contribution < -0.4 is 10.2 Å². The number of rotatable bonds is 8. The Morgan fingerprint density at radius 2 is 2.09 bits per heavy atom. The van der Waals surface area contributed by atoms with Gasteiger partial charge in [-0.25, -0.2) is 0 Å². The average molecular weight is 340 g/mol. The Balaban J connectivity index is 1.77. The monoisotopic (exact) mass is 340 g/mol. The second-order valence-corrected chi connectivity index (χ2v) is 6.19. The van der Waals surface area contributed by atoms with Crippen LogP contribution in [0.3, 0.4) is 0 Å². The summed E-state index contributed by atoms with van der Waals surface area (Å²) in [7, 11) is 1.68. The van der Waals surface area contributed by atoms with Gasteiger partial charge in [-0.2, -0.15) is 0 Å². The first kappa shape index (κ1) is 18.0.